The molecular weight excluding hydrogens is 371 g/mol. The number of nitrogens with zero attached hydrogens (tertiary/aromatic N) is 2. The quantitative estimate of drug-likeness (QED) is 0.348. The number of hydrogen-bond donors (Lipinski definition) is 0. The van der Waals surface area contributed by atoms with E-state index < -0.39 is 5.82 Å². The molecule has 1 aromatic carbocycles. The van der Waals surface area contributed by atoms with Crippen molar-refractivity contribution in [3.05, 3.63) is 63.0 Å². The van der Waals surface area contributed by atoms with E-state index in [1.54, 1.807) is 16.7 Å². The van der Waals surface area contributed by atoms with Crippen molar-refractivity contribution in [2.75, 3.05) is 7.11 Å². The van der Waals surface area contributed by atoms with Gasteiger partial charge in [-0.25, -0.2) is 9.37 Å². The fourth-order valence-corrected chi connectivity index (χ4v) is 4.68. The van der Waals surface area contributed by atoms with Gasteiger partial charge in [0.05, 0.1) is 12.5 Å². The van der Waals surface area contributed by atoms with E-state index in [9.17, 15) is 9.18 Å². The fourth-order valence-electron chi connectivity index (χ4n) is 2.66. The molecule has 26 heavy (non-hydrogen) atoms. The molecule has 136 valence electrons. The van der Waals surface area contributed by atoms with E-state index in [1.807, 2.05) is 19.9 Å². The van der Waals surface area contributed by atoms with Crippen LogP contribution in [0.4, 0.5) is 4.39 Å². The maximum Gasteiger partial charge on any atom is 0.263 e. The normalized spacial score (nSPS) is 11.1. The van der Waals surface area contributed by atoms with Crippen LogP contribution in [-0.4, -0.2) is 16.7 Å². The molecule has 0 aliphatic heterocycles. The molecular formula is C19H19FN2O2S2. The number of halogens is 1. The van der Waals surface area contributed by atoms with Crippen molar-refractivity contribution in [2.45, 2.75) is 31.3 Å². The minimum absolute atomic E-state index is 0.0554. The Morgan fingerprint density at radius 3 is 2.85 bits per heavy atom. The van der Waals surface area contributed by atoms with Gasteiger partial charge < -0.3 is 4.74 Å². The highest BCUT2D eigenvalue weighted by Crippen LogP contribution is 2.30. The number of ether oxygens (including phenoxy) is 1. The number of aryl methyl sites for hydroxylation is 2. The summed E-state index contributed by atoms with van der Waals surface area (Å²) >= 11 is 2.93. The lowest BCUT2D eigenvalue weighted by Crippen LogP contribution is -2.22. The van der Waals surface area contributed by atoms with E-state index in [0.29, 0.717) is 22.8 Å². The van der Waals surface area contributed by atoms with Crippen molar-refractivity contribution in [1.82, 2.24) is 9.55 Å². The molecule has 0 aliphatic rings. The summed E-state index contributed by atoms with van der Waals surface area (Å²) in [5, 5.41) is 1.29. The summed E-state index contributed by atoms with van der Waals surface area (Å²) in [5.74, 6) is 0.313. The lowest BCUT2D eigenvalue weighted by Gasteiger charge is -2.11. The first-order chi connectivity index (χ1) is 12.5. The highest BCUT2D eigenvalue weighted by molar-refractivity contribution is 7.98. The van der Waals surface area contributed by atoms with E-state index in [4.69, 9.17) is 4.74 Å². The maximum atomic E-state index is 13.9. The van der Waals surface area contributed by atoms with Crippen LogP contribution >= 0.6 is 23.1 Å². The number of allylic oxidation sites excluding steroid dienone is 1. The lowest BCUT2D eigenvalue weighted by molar-refractivity contribution is 0.386. The van der Waals surface area contributed by atoms with Crippen LogP contribution in [0.5, 0.6) is 5.75 Å². The molecule has 0 N–H and O–H groups in total. The van der Waals surface area contributed by atoms with Gasteiger partial charge in [-0.1, -0.05) is 23.9 Å². The van der Waals surface area contributed by atoms with Crippen molar-refractivity contribution in [3.63, 3.8) is 0 Å². The molecule has 0 atom stereocenters. The van der Waals surface area contributed by atoms with Crippen LogP contribution in [0.15, 0.2) is 40.8 Å². The molecule has 3 rings (SSSR count). The predicted octanol–water partition coefficient (Wildman–Crippen LogP) is 4.70. The van der Waals surface area contributed by atoms with Gasteiger partial charge in [-0.3, -0.25) is 9.36 Å². The summed E-state index contributed by atoms with van der Waals surface area (Å²) in [5.41, 5.74) is 1.72. The van der Waals surface area contributed by atoms with Crippen LogP contribution in [0.25, 0.3) is 10.2 Å². The van der Waals surface area contributed by atoms with E-state index in [-0.39, 0.29) is 11.3 Å². The second-order valence-corrected chi connectivity index (χ2v) is 7.97. The zero-order valence-electron chi connectivity index (χ0n) is 14.8. The van der Waals surface area contributed by atoms with Gasteiger partial charge in [0, 0.05) is 17.2 Å². The smallest absolute Gasteiger partial charge is 0.263 e. The molecule has 0 unspecified atom stereocenters. The summed E-state index contributed by atoms with van der Waals surface area (Å²) in [6, 6.07) is 4.85. The zero-order chi connectivity index (χ0) is 18.8. The van der Waals surface area contributed by atoms with Crippen LogP contribution in [0.2, 0.25) is 0 Å². The van der Waals surface area contributed by atoms with Gasteiger partial charge in [0.2, 0.25) is 0 Å². The minimum Gasteiger partial charge on any atom is -0.494 e. The van der Waals surface area contributed by atoms with Crippen LogP contribution < -0.4 is 10.3 Å². The lowest BCUT2D eigenvalue weighted by atomic mass is 10.2. The molecule has 0 aliphatic carbocycles. The van der Waals surface area contributed by atoms with Crippen molar-refractivity contribution in [1.29, 1.82) is 0 Å². The van der Waals surface area contributed by atoms with E-state index >= 15 is 0 Å². The van der Waals surface area contributed by atoms with Gasteiger partial charge in [-0.2, -0.15) is 0 Å². The monoisotopic (exact) mass is 390 g/mol. The van der Waals surface area contributed by atoms with E-state index in [0.717, 1.165) is 20.8 Å². The molecule has 0 saturated carbocycles. The fraction of sp³-hybridized carbons (Fsp3) is 0.263. The molecule has 0 amide bonds. The van der Waals surface area contributed by atoms with Crippen molar-refractivity contribution in [3.8, 4) is 5.75 Å². The number of aromatic nitrogens is 2. The molecule has 0 radical (unpaired) electrons. The Labute approximate surface area is 159 Å². The van der Waals surface area contributed by atoms with Crippen LogP contribution in [0.3, 0.4) is 0 Å². The molecule has 2 aromatic heterocycles. The van der Waals surface area contributed by atoms with E-state index in [1.165, 1.54) is 36.3 Å². The first-order valence-electron chi connectivity index (χ1n) is 8.03. The summed E-state index contributed by atoms with van der Waals surface area (Å²) in [7, 11) is 1.44. The standard InChI is InChI=1S/C19H19FN2O2S2/c1-5-8-22-18(23)16-11(2)12(3)26-17(16)21-19(22)25-10-13-6-7-15(24-4)14(20)9-13/h5-7,9H,1,8,10H2,2-4H3. The second-order valence-electron chi connectivity index (χ2n) is 5.82. The van der Waals surface area contributed by atoms with Gasteiger partial charge in [0.15, 0.2) is 16.7 Å². The minimum atomic E-state index is -0.401. The average molecular weight is 391 g/mol. The third kappa shape index (κ3) is 3.41. The first-order valence-corrected chi connectivity index (χ1v) is 9.83. The topological polar surface area (TPSA) is 44.1 Å². The number of thiophene rings is 1. The third-order valence-corrected chi connectivity index (χ3v) is 6.30. The Morgan fingerprint density at radius 1 is 1.42 bits per heavy atom. The second kappa shape index (κ2) is 7.63. The number of hydrogen-bond acceptors (Lipinski definition) is 5. The molecule has 0 fully saturated rings. The predicted molar refractivity (Wildman–Crippen MR) is 106 cm³/mol. The van der Waals surface area contributed by atoms with E-state index in [2.05, 4.69) is 11.6 Å². The van der Waals surface area contributed by atoms with Gasteiger partial charge in [0.1, 0.15) is 4.83 Å². The highest BCUT2D eigenvalue weighted by Gasteiger charge is 2.16. The Balaban J connectivity index is 1.98. The molecule has 4 nitrogen and oxygen atoms in total. The van der Waals surface area contributed by atoms with Crippen LogP contribution in [0, 0.1) is 19.7 Å². The number of methoxy groups -OCH3 is 1. The number of rotatable bonds is 6. The Hall–Kier alpha value is -2.12. The number of thioether (sulfide) groups is 1. The maximum absolute atomic E-state index is 13.9. The molecule has 2 heterocycles. The Kier molecular flexibility index (Phi) is 5.48. The Morgan fingerprint density at radius 2 is 2.19 bits per heavy atom. The Bertz CT molecular complexity index is 1040. The SMILES string of the molecule is C=CCn1c(SCc2ccc(OC)c(F)c2)nc2sc(C)c(C)c2c1=O. The van der Waals surface area contributed by atoms with Gasteiger partial charge >= 0.3 is 0 Å². The first kappa shape index (κ1) is 18.7. The summed E-state index contributed by atoms with van der Waals surface area (Å²) in [6.07, 6.45) is 1.68. The molecule has 0 spiro atoms. The molecule has 0 bridgehead atoms. The van der Waals surface area contributed by atoms with Crippen LogP contribution in [-0.2, 0) is 12.3 Å². The van der Waals surface area contributed by atoms with Crippen molar-refractivity contribution >= 4 is 33.3 Å². The molecule has 3 aromatic rings. The number of benzene rings is 1. The summed E-state index contributed by atoms with van der Waals surface area (Å²) < 4.78 is 20.4. The van der Waals surface area contributed by atoms with Gasteiger partial charge in [-0.15, -0.1) is 17.9 Å². The molecule has 0 saturated heterocycles. The zero-order valence-corrected chi connectivity index (χ0v) is 16.5. The summed E-state index contributed by atoms with van der Waals surface area (Å²) in [6.45, 7) is 8.06. The van der Waals surface area contributed by atoms with Gasteiger partial charge in [0.25, 0.3) is 5.56 Å². The van der Waals surface area contributed by atoms with Crippen LogP contribution in [0.1, 0.15) is 16.0 Å². The number of fused-ring (bicyclic) bond motifs is 1. The average Bonchev–Trinajstić information content (AvgIpc) is 2.90. The largest absolute Gasteiger partial charge is 0.494 e. The molecule has 7 heteroatoms. The van der Waals surface area contributed by atoms with Crippen molar-refractivity contribution < 1.29 is 9.13 Å². The van der Waals surface area contributed by atoms with Gasteiger partial charge in [-0.05, 0) is 37.1 Å². The third-order valence-electron chi connectivity index (χ3n) is 4.15. The summed E-state index contributed by atoms with van der Waals surface area (Å²) in [4.78, 5) is 19.4. The highest BCUT2D eigenvalue weighted by atomic mass is 32.2. The van der Waals surface area contributed by atoms with Crippen molar-refractivity contribution in [2.24, 2.45) is 0 Å².